The first kappa shape index (κ1) is 14.8. The minimum atomic E-state index is -0.995. The average Bonchev–Trinajstić information content (AvgIpc) is 2.27. The van der Waals surface area contributed by atoms with E-state index in [2.05, 4.69) is 5.32 Å². The van der Waals surface area contributed by atoms with Gasteiger partial charge in [-0.3, -0.25) is 0 Å². The Bertz CT molecular complexity index is 263. The third-order valence-electron chi connectivity index (χ3n) is 2.89. The molecule has 1 heterocycles. The molecule has 6 nitrogen and oxygen atoms in total. The van der Waals surface area contributed by atoms with Gasteiger partial charge in [0.1, 0.15) is 6.61 Å². The third-order valence-corrected chi connectivity index (χ3v) is 2.89. The predicted molar refractivity (Wildman–Crippen MR) is 66.5 cm³/mol. The first-order valence-electron chi connectivity index (χ1n) is 6.52. The van der Waals surface area contributed by atoms with Crippen LogP contribution in [0, 0.1) is 0 Å². The van der Waals surface area contributed by atoms with Crippen LogP contribution in [-0.2, 0) is 9.53 Å². The normalized spacial score (nSPS) is 16.8. The predicted octanol–water partition coefficient (Wildman–Crippen LogP) is 1.06. The number of hydrogen-bond acceptors (Lipinski definition) is 3. The minimum Gasteiger partial charge on any atom is -0.480 e. The van der Waals surface area contributed by atoms with Gasteiger partial charge in [-0.1, -0.05) is 19.3 Å². The summed E-state index contributed by atoms with van der Waals surface area (Å²) in [5, 5.41) is 11.1. The second-order valence-corrected chi connectivity index (χ2v) is 4.43. The molecule has 2 N–H and O–H groups in total. The summed E-state index contributed by atoms with van der Waals surface area (Å²) in [7, 11) is 0. The van der Waals surface area contributed by atoms with Crippen LogP contribution in [0.4, 0.5) is 4.79 Å². The zero-order chi connectivity index (χ0) is 13.2. The Morgan fingerprint density at radius 2 is 1.72 bits per heavy atom. The number of likely N-dealkylation sites (tertiary alicyclic amines) is 1. The van der Waals surface area contributed by atoms with Crippen molar-refractivity contribution in [3.05, 3.63) is 0 Å². The molecule has 2 amide bonds. The van der Waals surface area contributed by atoms with Crippen molar-refractivity contribution in [1.82, 2.24) is 10.2 Å². The first-order chi connectivity index (χ1) is 8.70. The first-order valence-corrected chi connectivity index (χ1v) is 6.52. The summed E-state index contributed by atoms with van der Waals surface area (Å²) in [4.78, 5) is 23.8. The highest BCUT2D eigenvalue weighted by Crippen LogP contribution is 2.10. The lowest BCUT2D eigenvalue weighted by Crippen LogP contribution is -2.42. The quantitative estimate of drug-likeness (QED) is 0.723. The second-order valence-electron chi connectivity index (χ2n) is 4.43. The highest BCUT2D eigenvalue weighted by molar-refractivity contribution is 5.74. The lowest BCUT2D eigenvalue weighted by Gasteiger charge is -2.24. The summed E-state index contributed by atoms with van der Waals surface area (Å²) in [5.74, 6) is -0.995. The molecule has 0 bridgehead atoms. The van der Waals surface area contributed by atoms with Gasteiger partial charge < -0.3 is 20.1 Å². The van der Waals surface area contributed by atoms with E-state index in [0.29, 0.717) is 6.54 Å². The second kappa shape index (κ2) is 8.74. The Balaban J connectivity index is 2.12. The van der Waals surface area contributed by atoms with E-state index in [0.717, 1.165) is 25.9 Å². The van der Waals surface area contributed by atoms with Gasteiger partial charge in [0, 0.05) is 19.6 Å². The zero-order valence-electron chi connectivity index (χ0n) is 10.7. The molecule has 0 aromatic rings. The van der Waals surface area contributed by atoms with E-state index in [1.807, 2.05) is 4.90 Å². The number of aliphatic carboxylic acids is 1. The Kier molecular flexibility index (Phi) is 7.17. The topological polar surface area (TPSA) is 78.9 Å². The number of carboxylic acids is 1. The molecule has 0 saturated carbocycles. The van der Waals surface area contributed by atoms with E-state index in [1.165, 1.54) is 19.3 Å². The zero-order valence-corrected chi connectivity index (χ0v) is 10.7. The molecule has 1 fully saturated rings. The van der Waals surface area contributed by atoms with Crippen molar-refractivity contribution < 1.29 is 19.4 Å². The van der Waals surface area contributed by atoms with Crippen LogP contribution in [0.1, 0.15) is 32.1 Å². The third kappa shape index (κ3) is 6.44. The van der Waals surface area contributed by atoms with Crippen LogP contribution >= 0.6 is 0 Å². The Morgan fingerprint density at radius 1 is 1.11 bits per heavy atom. The molecule has 0 aromatic carbocycles. The molecular formula is C12H22N2O4. The maximum Gasteiger partial charge on any atom is 0.329 e. The van der Waals surface area contributed by atoms with Crippen molar-refractivity contribution in [3.63, 3.8) is 0 Å². The smallest absolute Gasteiger partial charge is 0.329 e. The SMILES string of the molecule is O=C(O)COCCNC(=O)N1CCCCCCC1. The van der Waals surface area contributed by atoms with Gasteiger partial charge in [-0.05, 0) is 12.8 Å². The average molecular weight is 258 g/mol. The van der Waals surface area contributed by atoms with Gasteiger partial charge in [0.25, 0.3) is 0 Å². The summed E-state index contributed by atoms with van der Waals surface area (Å²) < 4.78 is 4.84. The molecule has 6 heteroatoms. The lowest BCUT2D eigenvalue weighted by molar-refractivity contribution is -0.142. The van der Waals surface area contributed by atoms with Crippen LogP contribution in [0.15, 0.2) is 0 Å². The molecule has 18 heavy (non-hydrogen) atoms. The van der Waals surface area contributed by atoms with Crippen LogP contribution in [0.2, 0.25) is 0 Å². The molecule has 1 saturated heterocycles. The van der Waals surface area contributed by atoms with Gasteiger partial charge in [-0.2, -0.15) is 0 Å². The molecule has 1 aliphatic rings. The van der Waals surface area contributed by atoms with E-state index in [9.17, 15) is 9.59 Å². The number of nitrogens with one attached hydrogen (secondary N) is 1. The van der Waals surface area contributed by atoms with E-state index in [4.69, 9.17) is 9.84 Å². The molecule has 1 rings (SSSR count). The summed E-state index contributed by atoms with van der Waals surface area (Å²) in [6.07, 6.45) is 5.75. The monoisotopic (exact) mass is 258 g/mol. The van der Waals surface area contributed by atoms with Gasteiger partial charge in [0.15, 0.2) is 0 Å². The number of hydrogen-bond donors (Lipinski definition) is 2. The fourth-order valence-corrected chi connectivity index (χ4v) is 1.95. The minimum absolute atomic E-state index is 0.0733. The van der Waals surface area contributed by atoms with Crippen molar-refractivity contribution in [1.29, 1.82) is 0 Å². The van der Waals surface area contributed by atoms with Gasteiger partial charge >= 0.3 is 12.0 Å². The molecule has 0 atom stereocenters. The van der Waals surface area contributed by atoms with Gasteiger partial charge in [-0.15, -0.1) is 0 Å². The molecule has 0 radical (unpaired) electrons. The van der Waals surface area contributed by atoms with Crippen molar-refractivity contribution in [2.24, 2.45) is 0 Å². The van der Waals surface area contributed by atoms with Gasteiger partial charge in [0.2, 0.25) is 0 Å². The molecule has 104 valence electrons. The Morgan fingerprint density at radius 3 is 2.33 bits per heavy atom. The molecule has 1 aliphatic heterocycles. The van der Waals surface area contributed by atoms with Crippen LogP contribution in [0.3, 0.4) is 0 Å². The maximum absolute atomic E-state index is 11.8. The number of rotatable bonds is 5. The van der Waals surface area contributed by atoms with E-state index < -0.39 is 5.97 Å². The maximum atomic E-state index is 11.8. The lowest BCUT2D eigenvalue weighted by atomic mass is 10.1. The summed E-state index contributed by atoms with van der Waals surface area (Å²) in [6, 6.07) is -0.0733. The Hall–Kier alpha value is -1.30. The van der Waals surface area contributed by atoms with E-state index in [-0.39, 0.29) is 19.2 Å². The van der Waals surface area contributed by atoms with Crippen LogP contribution < -0.4 is 5.32 Å². The largest absolute Gasteiger partial charge is 0.480 e. The number of carbonyl (C=O) groups is 2. The van der Waals surface area contributed by atoms with Crippen LogP contribution in [0.25, 0.3) is 0 Å². The summed E-state index contributed by atoms with van der Waals surface area (Å²) >= 11 is 0. The van der Waals surface area contributed by atoms with Crippen molar-refractivity contribution in [2.45, 2.75) is 32.1 Å². The summed E-state index contributed by atoms with van der Waals surface area (Å²) in [6.45, 7) is 1.87. The molecule has 0 unspecified atom stereocenters. The van der Waals surface area contributed by atoms with Gasteiger partial charge in [0.05, 0.1) is 6.61 Å². The summed E-state index contributed by atoms with van der Waals surface area (Å²) in [5.41, 5.74) is 0. The number of urea groups is 1. The van der Waals surface area contributed by atoms with E-state index >= 15 is 0 Å². The highest BCUT2D eigenvalue weighted by atomic mass is 16.5. The fraction of sp³-hybridized carbons (Fsp3) is 0.833. The van der Waals surface area contributed by atoms with Crippen molar-refractivity contribution in [3.8, 4) is 0 Å². The molecular weight excluding hydrogens is 236 g/mol. The number of nitrogens with zero attached hydrogens (tertiary/aromatic N) is 1. The number of carbonyl (C=O) groups excluding carboxylic acids is 1. The molecule has 0 aliphatic carbocycles. The number of carboxylic acid groups (broad SMARTS) is 1. The van der Waals surface area contributed by atoms with E-state index in [1.54, 1.807) is 0 Å². The Labute approximate surface area is 107 Å². The van der Waals surface area contributed by atoms with Crippen LogP contribution in [-0.4, -0.2) is 54.9 Å². The number of amides is 2. The molecule has 0 spiro atoms. The molecule has 0 aromatic heterocycles. The highest BCUT2D eigenvalue weighted by Gasteiger charge is 2.13. The van der Waals surface area contributed by atoms with Crippen molar-refractivity contribution in [2.75, 3.05) is 32.8 Å². The van der Waals surface area contributed by atoms with Crippen LogP contribution in [0.5, 0.6) is 0 Å². The van der Waals surface area contributed by atoms with Crippen molar-refractivity contribution >= 4 is 12.0 Å². The standard InChI is InChI=1S/C12H22N2O4/c15-11(16)10-18-9-6-13-12(17)14-7-4-2-1-3-5-8-14/h1-10H2,(H,13,17)(H,15,16). The number of ether oxygens (including phenoxy) is 1. The fourth-order valence-electron chi connectivity index (χ4n) is 1.95. The van der Waals surface area contributed by atoms with Gasteiger partial charge in [-0.25, -0.2) is 9.59 Å².